The van der Waals surface area contributed by atoms with Crippen LogP contribution in [0.2, 0.25) is 0 Å². The molecule has 28 heavy (non-hydrogen) atoms. The average molecular weight is 394 g/mol. The van der Waals surface area contributed by atoms with E-state index in [4.69, 9.17) is 4.98 Å². The van der Waals surface area contributed by atoms with Gasteiger partial charge < -0.3 is 4.90 Å². The molecule has 0 saturated heterocycles. The van der Waals surface area contributed by atoms with Crippen molar-refractivity contribution in [3.63, 3.8) is 0 Å². The lowest BCUT2D eigenvalue weighted by molar-refractivity contribution is 0.628. The first-order valence-electron chi connectivity index (χ1n) is 8.80. The number of anilines is 2. The van der Waals surface area contributed by atoms with Crippen LogP contribution in [0.4, 0.5) is 15.9 Å². The van der Waals surface area contributed by atoms with Gasteiger partial charge in [-0.25, -0.2) is 19.3 Å². The molecule has 0 fully saturated rings. The van der Waals surface area contributed by atoms with Crippen LogP contribution in [-0.4, -0.2) is 26.5 Å². The Morgan fingerprint density at radius 3 is 2.75 bits per heavy atom. The summed E-state index contributed by atoms with van der Waals surface area (Å²) < 4.78 is 13.9. The third-order valence-corrected chi connectivity index (χ3v) is 4.82. The maximum atomic E-state index is 13.9. The molecule has 0 spiro atoms. The lowest BCUT2D eigenvalue weighted by Crippen LogP contribution is -2.16. The van der Waals surface area contributed by atoms with E-state index in [2.05, 4.69) is 25.9 Å². The van der Waals surface area contributed by atoms with Gasteiger partial charge in [0.2, 0.25) is 0 Å². The molecule has 0 radical (unpaired) electrons. The molecule has 140 valence electrons. The van der Waals surface area contributed by atoms with Gasteiger partial charge in [-0.1, -0.05) is 17.7 Å². The SMILES string of the molecule is Cc1ccc2nc(-c3cnccn3)nc(N3CCc4ccc(F)cc43)c2c1.Cl. The molecule has 0 unspecified atom stereocenters. The predicted molar refractivity (Wildman–Crippen MR) is 110 cm³/mol. The molecule has 0 aliphatic carbocycles. The van der Waals surface area contributed by atoms with Gasteiger partial charge in [0.1, 0.15) is 17.3 Å². The third kappa shape index (κ3) is 3.05. The topological polar surface area (TPSA) is 54.8 Å². The van der Waals surface area contributed by atoms with Gasteiger partial charge in [0, 0.05) is 30.0 Å². The smallest absolute Gasteiger partial charge is 0.182 e. The second-order valence-electron chi connectivity index (χ2n) is 6.66. The first kappa shape index (κ1) is 18.3. The Hall–Kier alpha value is -3.12. The van der Waals surface area contributed by atoms with E-state index in [0.29, 0.717) is 11.5 Å². The van der Waals surface area contributed by atoms with Crippen LogP contribution in [0, 0.1) is 12.7 Å². The van der Waals surface area contributed by atoms with Crippen LogP contribution in [-0.2, 0) is 6.42 Å². The third-order valence-electron chi connectivity index (χ3n) is 4.82. The van der Waals surface area contributed by atoms with E-state index < -0.39 is 0 Å². The normalized spacial score (nSPS) is 12.7. The summed E-state index contributed by atoms with van der Waals surface area (Å²) in [5, 5.41) is 0.944. The quantitative estimate of drug-likeness (QED) is 0.496. The summed E-state index contributed by atoms with van der Waals surface area (Å²) >= 11 is 0. The Morgan fingerprint density at radius 2 is 1.93 bits per heavy atom. The largest absolute Gasteiger partial charge is 0.325 e. The zero-order chi connectivity index (χ0) is 18.4. The standard InChI is InChI=1S/C21H16FN5.ClH/c1-13-2-5-17-16(10-13)21(26-20(25-17)18-12-23-7-8-24-18)27-9-6-14-3-4-15(22)11-19(14)27;/h2-5,7-8,10-12H,6,9H2,1H3;1H. The fraction of sp³-hybridized carbons (Fsp3) is 0.143. The van der Waals surface area contributed by atoms with Gasteiger partial charge >= 0.3 is 0 Å². The number of hydrogen-bond acceptors (Lipinski definition) is 5. The molecular formula is C21H17ClFN5. The molecule has 0 N–H and O–H groups in total. The van der Waals surface area contributed by atoms with Gasteiger partial charge in [-0.15, -0.1) is 12.4 Å². The molecular weight excluding hydrogens is 377 g/mol. The molecule has 0 amide bonds. The number of nitrogens with zero attached hydrogens (tertiary/aromatic N) is 5. The summed E-state index contributed by atoms with van der Waals surface area (Å²) in [6.07, 6.45) is 5.75. The van der Waals surface area contributed by atoms with Crippen LogP contribution in [0.1, 0.15) is 11.1 Å². The number of halogens is 2. The van der Waals surface area contributed by atoms with E-state index in [1.807, 2.05) is 25.1 Å². The number of benzene rings is 2. The van der Waals surface area contributed by atoms with Crippen LogP contribution in [0.15, 0.2) is 55.0 Å². The zero-order valence-corrected chi connectivity index (χ0v) is 15.9. The first-order valence-corrected chi connectivity index (χ1v) is 8.80. The van der Waals surface area contributed by atoms with Crippen molar-refractivity contribution in [2.24, 2.45) is 0 Å². The molecule has 1 aliphatic rings. The fourth-order valence-electron chi connectivity index (χ4n) is 3.53. The lowest BCUT2D eigenvalue weighted by atomic mass is 10.1. The first-order chi connectivity index (χ1) is 13.2. The van der Waals surface area contributed by atoms with Crippen molar-refractivity contribution in [3.8, 4) is 11.5 Å². The Morgan fingerprint density at radius 1 is 1.04 bits per heavy atom. The van der Waals surface area contributed by atoms with E-state index in [1.54, 1.807) is 24.7 Å². The molecule has 1 aliphatic heterocycles. The summed E-state index contributed by atoms with van der Waals surface area (Å²) in [4.78, 5) is 20.0. The molecule has 0 atom stereocenters. The second kappa shape index (κ2) is 7.13. The van der Waals surface area contributed by atoms with Gasteiger partial charge in [-0.05, 0) is 43.2 Å². The van der Waals surface area contributed by atoms with Gasteiger partial charge in [0.15, 0.2) is 5.82 Å². The molecule has 4 aromatic rings. The van der Waals surface area contributed by atoms with Crippen molar-refractivity contribution in [2.75, 3.05) is 11.4 Å². The fourth-order valence-corrected chi connectivity index (χ4v) is 3.53. The summed E-state index contributed by atoms with van der Waals surface area (Å²) in [5.41, 5.74) is 4.55. The highest BCUT2D eigenvalue weighted by Crippen LogP contribution is 2.38. The van der Waals surface area contributed by atoms with Crippen LogP contribution in [0.25, 0.3) is 22.4 Å². The van der Waals surface area contributed by atoms with Gasteiger partial charge in [0.05, 0.1) is 11.7 Å². The van der Waals surface area contributed by atoms with Gasteiger partial charge in [-0.2, -0.15) is 0 Å². The minimum Gasteiger partial charge on any atom is -0.325 e. The Bertz CT molecular complexity index is 1170. The van der Waals surface area contributed by atoms with E-state index in [0.717, 1.165) is 46.5 Å². The van der Waals surface area contributed by atoms with Crippen LogP contribution in [0.3, 0.4) is 0 Å². The lowest BCUT2D eigenvalue weighted by Gasteiger charge is -2.21. The number of hydrogen-bond donors (Lipinski definition) is 0. The Labute approximate surface area is 167 Å². The number of fused-ring (bicyclic) bond motifs is 2. The highest BCUT2D eigenvalue weighted by Gasteiger charge is 2.25. The maximum Gasteiger partial charge on any atom is 0.182 e. The van der Waals surface area contributed by atoms with Crippen molar-refractivity contribution >= 4 is 34.8 Å². The molecule has 2 aromatic carbocycles. The zero-order valence-electron chi connectivity index (χ0n) is 15.1. The summed E-state index contributed by atoms with van der Waals surface area (Å²) in [6.45, 7) is 2.79. The second-order valence-corrected chi connectivity index (χ2v) is 6.66. The Balaban J connectivity index is 0.00000192. The number of rotatable bonds is 2. The van der Waals surface area contributed by atoms with Crippen LogP contribution >= 0.6 is 12.4 Å². The van der Waals surface area contributed by atoms with Crippen molar-refractivity contribution in [1.29, 1.82) is 0 Å². The molecule has 0 bridgehead atoms. The molecule has 3 heterocycles. The minimum absolute atomic E-state index is 0. The molecule has 2 aromatic heterocycles. The van der Waals surface area contributed by atoms with Crippen molar-refractivity contribution in [3.05, 3.63) is 71.9 Å². The van der Waals surface area contributed by atoms with Gasteiger partial charge in [0.25, 0.3) is 0 Å². The molecule has 0 saturated carbocycles. The molecule has 7 heteroatoms. The van der Waals surface area contributed by atoms with Crippen LogP contribution < -0.4 is 4.90 Å². The average Bonchev–Trinajstić information content (AvgIpc) is 3.10. The van der Waals surface area contributed by atoms with Crippen molar-refractivity contribution in [2.45, 2.75) is 13.3 Å². The highest BCUT2D eigenvalue weighted by molar-refractivity contribution is 5.94. The summed E-state index contributed by atoms with van der Waals surface area (Å²) in [7, 11) is 0. The highest BCUT2D eigenvalue weighted by atomic mass is 35.5. The minimum atomic E-state index is -0.246. The maximum absolute atomic E-state index is 13.9. The van der Waals surface area contributed by atoms with Crippen LogP contribution in [0.5, 0.6) is 0 Å². The predicted octanol–water partition coefficient (Wildman–Crippen LogP) is 4.65. The summed E-state index contributed by atoms with van der Waals surface area (Å²) in [6, 6.07) is 11.0. The van der Waals surface area contributed by atoms with Gasteiger partial charge in [-0.3, -0.25) is 4.98 Å². The van der Waals surface area contributed by atoms with E-state index in [-0.39, 0.29) is 18.2 Å². The molecule has 5 nitrogen and oxygen atoms in total. The number of aromatic nitrogens is 4. The monoisotopic (exact) mass is 393 g/mol. The Kier molecular flexibility index (Phi) is 4.65. The van der Waals surface area contributed by atoms with E-state index in [9.17, 15) is 4.39 Å². The van der Waals surface area contributed by atoms with E-state index >= 15 is 0 Å². The van der Waals surface area contributed by atoms with E-state index in [1.165, 1.54) is 6.07 Å². The van der Waals surface area contributed by atoms with Crippen molar-refractivity contribution in [1.82, 2.24) is 19.9 Å². The van der Waals surface area contributed by atoms with Crippen molar-refractivity contribution < 1.29 is 4.39 Å². The summed E-state index contributed by atoms with van der Waals surface area (Å²) in [5.74, 6) is 1.04. The molecule has 5 rings (SSSR count). The number of aryl methyl sites for hydroxylation is 1.